The molecule has 0 amide bonds. The second kappa shape index (κ2) is 11.9. The molecule has 0 atom stereocenters. The molecule has 0 aliphatic carbocycles. The van der Waals surface area contributed by atoms with Crippen molar-refractivity contribution >= 4 is 11.9 Å². The predicted molar refractivity (Wildman–Crippen MR) is 51.1 cm³/mol. The molecule has 0 unspecified atom stereocenters. The Bertz CT molecular complexity index is 155. The second-order valence-corrected chi connectivity index (χ2v) is 2.30. The molecule has 5 nitrogen and oxygen atoms in total. The van der Waals surface area contributed by atoms with Gasteiger partial charge in [-0.2, -0.15) is 0 Å². The van der Waals surface area contributed by atoms with Crippen molar-refractivity contribution in [1.82, 2.24) is 0 Å². The highest BCUT2D eigenvalue weighted by Crippen LogP contribution is 1.85. The van der Waals surface area contributed by atoms with Crippen LogP contribution in [0.15, 0.2) is 0 Å². The molecule has 0 heterocycles. The van der Waals surface area contributed by atoms with Gasteiger partial charge < -0.3 is 14.6 Å². The van der Waals surface area contributed by atoms with E-state index >= 15 is 0 Å². The quantitative estimate of drug-likeness (QED) is 0.681. The molecule has 1 N–H and O–H groups in total. The van der Waals surface area contributed by atoms with Crippen molar-refractivity contribution in [2.24, 2.45) is 0 Å². The van der Waals surface area contributed by atoms with Crippen molar-refractivity contribution in [3.63, 3.8) is 0 Å². The molecule has 0 aliphatic rings. The fraction of sp³-hybridized carbons (Fsp3) is 0.778. The summed E-state index contributed by atoms with van der Waals surface area (Å²) < 4.78 is 9.28. The van der Waals surface area contributed by atoms with Crippen LogP contribution in [0.25, 0.3) is 0 Å². The first-order valence-corrected chi connectivity index (χ1v) is 4.44. The highest BCUT2D eigenvalue weighted by Gasteiger charge is 1.97. The fourth-order valence-electron chi connectivity index (χ4n) is 0.419. The van der Waals surface area contributed by atoms with Crippen molar-refractivity contribution < 1.29 is 24.2 Å². The van der Waals surface area contributed by atoms with Crippen LogP contribution >= 0.6 is 0 Å². The van der Waals surface area contributed by atoms with E-state index in [2.05, 4.69) is 9.47 Å². The molecule has 0 saturated carbocycles. The third kappa shape index (κ3) is 17.1. The predicted octanol–water partition coefficient (Wildman–Crippen LogP) is 1.07. The molecule has 0 aliphatic heterocycles. The first-order chi connectivity index (χ1) is 6.58. The third-order valence-electron chi connectivity index (χ3n) is 1.12. The molecule has 14 heavy (non-hydrogen) atoms. The van der Waals surface area contributed by atoms with Crippen molar-refractivity contribution in [3.8, 4) is 0 Å². The lowest BCUT2D eigenvalue weighted by atomic mass is 10.5. The van der Waals surface area contributed by atoms with Gasteiger partial charge in [-0.3, -0.25) is 9.59 Å². The van der Waals surface area contributed by atoms with Gasteiger partial charge in [-0.25, -0.2) is 0 Å². The summed E-state index contributed by atoms with van der Waals surface area (Å²) in [5, 5.41) is 7.72. The zero-order chi connectivity index (χ0) is 11.4. The maximum absolute atomic E-state index is 10.5. The fourth-order valence-corrected chi connectivity index (χ4v) is 0.419. The molecule has 0 spiro atoms. The summed E-state index contributed by atoms with van der Waals surface area (Å²) in [5.41, 5.74) is 0. The molecular formula is C9H18O5. The highest BCUT2D eigenvalue weighted by molar-refractivity contribution is 5.69. The van der Waals surface area contributed by atoms with Gasteiger partial charge in [0.1, 0.15) is 0 Å². The van der Waals surface area contributed by atoms with Crippen LogP contribution in [0.2, 0.25) is 0 Å². The summed E-state index contributed by atoms with van der Waals surface area (Å²) in [6, 6.07) is 0. The Kier molecular flexibility index (Phi) is 13.1. The lowest BCUT2D eigenvalue weighted by molar-refractivity contribution is -0.144. The minimum atomic E-state index is -0.745. The molecule has 0 radical (unpaired) electrons. The lowest BCUT2D eigenvalue weighted by Crippen LogP contribution is -2.06. The number of carboxylic acid groups (broad SMARTS) is 1. The number of methoxy groups -OCH3 is 1. The Labute approximate surface area is 84.0 Å². The average Bonchev–Trinajstić information content (AvgIpc) is 2.16. The Morgan fingerprint density at radius 2 is 1.79 bits per heavy atom. The SMILES string of the molecule is CCC(=O)O.CCOC(=O)CCOC. The topological polar surface area (TPSA) is 72.8 Å². The largest absolute Gasteiger partial charge is 0.481 e. The number of carboxylic acids is 1. The van der Waals surface area contributed by atoms with E-state index in [0.717, 1.165) is 0 Å². The van der Waals surface area contributed by atoms with Gasteiger partial charge in [-0.15, -0.1) is 0 Å². The molecule has 0 rings (SSSR count). The molecular weight excluding hydrogens is 188 g/mol. The number of esters is 1. The summed E-state index contributed by atoms with van der Waals surface area (Å²) in [4.78, 5) is 19.9. The van der Waals surface area contributed by atoms with Gasteiger partial charge in [0, 0.05) is 13.5 Å². The normalized spacial score (nSPS) is 8.50. The van der Waals surface area contributed by atoms with Crippen molar-refractivity contribution in [1.29, 1.82) is 0 Å². The molecule has 0 saturated heterocycles. The van der Waals surface area contributed by atoms with Gasteiger partial charge >= 0.3 is 11.9 Å². The Hall–Kier alpha value is -1.10. The van der Waals surface area contributed by atoms with Crippen LogP contribution in [-0.4, -0.2) is 37.4 Å². The van der Waals surface area contributed by atoms with E-state index in [9.17, 15) is 9.59 Å². The zero-order valence-electron chi connectivity index (χ0n) is 8.91. The van der Waals surface area contributed by atoms with Crippen LogP contribution < -0.4 is 0 Å². The molecule has 0 aromatic carbocycles. The first-order valence-electron chi connectivity index (χ1n) is 4.44. The van der Waals surface area contributed by atoms with Crippen molar-refractivity contribution in [2.75, 3.05) is 20.3 Å². The zero-order valence-corrected chi connectivity index (χ0v) is 8.91. The average molecular weight is 206 g/mol. The molecule has 5 heteroatoms. The van der Waals surface area contributed by atoms with Crippen LogP contribution in [0.3, 0.4) is 0 Å². The van der Waals surface area contributed by atoms with E-state index in [0.29, 0.717) is 19.6 Å². The molecule has 84 valence electrons. The van der Waals surface area contributed by atoms with E-state index in [1.54, 1.807) is 21.0 Å². The van der Waals surface area contributed by atoms with E-state index < -0.39 is 5.97 Å². The lowest BCUT2D eigenvalue weighted by Gasteiger charge is -1.98. The minimum absolute atomic E-state index is 0.195. The summed E-state index contributed by atoms with van der Waals surface area (Å²) in [6.45, 7) is 4.27. The maximum Gasteiger partial charge on any atom is 0.308 e. The summed E-state index contributed by atoms with van der Waals surface area (Å²) >= 11 is 0. The second-order valence-electron chi connectivity index (χ2n) is 2.30. The summed E-state index contributed by atoms with van der Waals surface area (Å²) in [5.74, 6) is -0.940. The minimum Gasteiger partial charge on any atom is -0.481 e. The van der Waals surface area contributed by atoms with Crippen LogP contribution in [-0.2, 0) is 19.1 Å². The molecule has 0 fully saturated rings. The van der Waals surface area contributed by atoms with Crippen LogP contribution in [0.1, 0.15) is 26.7 Å². The number of rotatable bonds is 5. The van der Waals surface area contributed by atoms with Gasteiger partial charge in [0.15, 0.2) is 0 Å². The van der Waals surface area contributed by atoms with Crippen molar-refractivity contribution in [3.05, 3.63) is 0 Å². The molecule has 0 aromatic rings. The summed E-state index contributed by atoms with van der Waals surface area (Å²) in [7, 11) is 1.55. The van der Waals surface area contributed by atoms with Crippen LogP contribution in [0, 0.1) is 0 Å². The summed E-state index contributed by atoms with van der Waals surface area (Å²) in [6.07, 6.45) is 0.574. The third-order valence-corrected chi connectivity index (χ3v) is 1.12. The van der Waals surface area contributed by atoms with Crippen molar-refractivity contribution in [2.45, 2.75) is 26.7 Å². The Morgan fingerprint density at radius 1 is 1.29 bits per heavy atom. The number of hydrogen-bond donors (Lipinski definition) is 1. The first kappa shape index (κ1) is 15.4. The number of aliphatic carboxylic acids is 1. The number of hydrogen-bond acceptors (Lipinski definition) is 4. The van der Waals surface area contributed by atoms with Crippen LogP contribution in [0.5, 0.6) is 0 Å². The van der Waals surface area contributed by atoms with Gasteiger partial charge in [0.2, 0.25) is 0 Å². The van der Waals surface area contributed by atoms with Crippen LogP contribution in [0.4, 0.5) is 0 Å². The number of ether oxygens (including phenoxy) is 2. The van der Waals surface area contributed by atoms with Gasteiger partial charge in [-0.1, -0.05) is 6.92 Å². The van der Waals surface area contributed by atoms with Gasteiger partial charge in [0.25, 0.3) is 0 Å². The maximum atomic E-state index is 10.5. The van der Waals surface area contributed by atoms with E-state index in [1.807, 2.05) is 0 Å². The standard InChI is InChI=1S/C6H12O3.C3H6O2/c1-3-9-6(7)4-5-8-2;1-2-3(4)5/h3-5H2,1-2H3;2H2,1H3,(H,4,5). The molecule has 0 bridgehead atoms. The van der Waals surface area contributed by atoms with E-state index in [-0.39, 0.29) is 12.4 Å². The number of carbonyl (C=O) groups is 2. The van der Waals surface area contributed by atoms with Gasteiger partial charge in [-0.05, 0) is 6.92 Å². The van der Waals surface area contributed by atoms with Gasteiger partial charge in [0.05, 0.1) is 19.6 Å². The molecule has 0 aromatic heterocycles. The Morgan fingerprint density at radius 3 is 2.07 bits per heavy atom. The Balaban J connectivity index is 0. The van der Waals surface area contributed by atoms with E-state index in [1.165, 1.54) is 0 Å². The number of carbonyl (C=O) groups excluding carboxylic acids is 1. The smallest absolute Gasteiger partial charge is 0.308 e. The van der Waals surface area contributed by atoms with E-state index in [4.69, 9.17) is 5.11 Å². The highest BCUT2D eigenvalue weighted by atomic mass is 16.5. The monoisotopic (exact) mass is 206 g/mol.